The molecule has 0 saturated carbocycles. The number of likely N-dealkylation sites (N-methyl/N-ethyl adjacent to an activating group) is 1. The summed E-state index contributed by atoms with van der Waals surface area (Å²) in [5, 5.41) is 8.57. The Morgan fingerprint density at radius 2 is 1.74 bits per heavy atom. The molecule has 1 rings (SSSR count). The Bertz CT molecular complexity index is 519. The predicted octanol–water partition coefficient (Wildman–Crippen LogP) is -0.437. The van der Waals surface area contributed by atoms with Crippen LogP contribution in [-0.4, -0.2) is 92.1 Å². The van der Waals surface area contributed by atoms with Gasteiger partial charge in [-0.15, -0.1) is 0 Å². The van der Waals surface area contributed by atoms with Crippen molar-refractivity contribution in [1.29, 1.82) is 5.26 Å². The Morgan fingerprint density at radius 1 is 1.17 bits per heavy atom. The maximum absolute atomic E-state index is 12.4. The summed E-state index contributed by atoms with van der Waals surface area (Å²) >= 11 is 0. The average Bonchev–Trinajstić information content (AvgIpc) is 2.54. The van der Waals surface area contributed by atoms with Gasteiger partial charge in [-0.1, -0.05) is 0 Å². The fraction of sp³-hybridized carbons (Fsp3) is 0.857. The van der Waals surface area contributed by atoms with Crippen LogP contribution < -0.4 is 0 Å². The molecule has 1 fully saturated rings. The van der Waals surface area contributed by atoms with E-state index in [2.05, 4.69) is 0 Å². The molecule has 0 bridgehead atoms. The molecule has 0 aromatic rings. The number of nitriles is 1. The van der Waals surface area contributed by atoms with Gasteiger partial charge in [-0.05, 0) is 13.8 Å². The fourth-order valence-electron chi connectivity index (χ4n) is 2.51. The van der Waals surface area contributed by atoms with Crippen molar-refractivity contribution in [3.63, 3.8) is 0 Å². The van der Waals surface area contributed by atoms with Crippen molar-refractivity contribution in [2.75, 3.05) is 59.4 Å². The maximum Gasteiger partial charge on any atom is 0.281 e. The number of carbonyl (C=O) groups excluding carboxylic acids is 1. The molecule has 0 atom stereocenters. The topological polar surface area (TPSA) is 88.0 Å². The zero-order valence-electron chi connectivity index (χ0n) is 14.2. The lowest BCUT2D eigenvalue weighted by Crippen LogP contribution is -2.54. The van der Waals surface area contributed by atoms with E-state index in [1.807, 2.05) is 24.8 Å². The minimum atomic E-state index is -3.52. The van der Waals surface area contributed by atoms with Crippen molar-refractivity contribution in [2.45, 2.75) is 20.3 Å². The Hall–Kier alpha value is -1.21. The molecule has 0 aliphatic carbocycles. The van der Waals surface area contributed by atoms with Crippen molar-refractivity contribution in [1.82, 2.24) is 18.4 Å². The summed E-state index contributed by atoms with van der Waals surface area (Å²) in [5.41, 5.74) is 0. The van der Waals surface area contributed by atoms with Crippen LogP contribution >= 0.6 is 0 Å². The second-order valence-electron chi connectivity index (χ2n) is 5.48. The summed E-state index contributed by atoms with van der Waals surface area (Å²) in [6.07, 6.45) is 0.175. The normalized spacial score (nSPS) is 17.2. The number of amides is 1. The first-order chi connectivity index (χ1) is 10.9. The van der Waals surface area contributed by atoms with Gasteiger partial charge in [0.25, 0.3) is 10.2 Å². The van der Waals surface area contributed by atoms with Gasteiger partial charge in [-0.25, -0.2) is 0 Å². The van der Waals surface area contributed by atoms with E-state index in [0.717, 1.165) is 0 Å². The highest BCUT2D eigenvalue weighted by atomic mass is 32.2. The molecule has 8 nitrogen and oxygen atoms in total. The average molecular weight is 345 g/mol. The van der Waals surface area contributed by atoms with Crippen LogP contribution in [0.25, 0.3) is 0 Å². The first-order valence-electron chi connectivity index (χ1n) is 7.95. The van der Waals surface area contributed by atoms with Gasteiger partial charge >= 0.3 is 0 Å². The molecule has 0 aromatic carbocycles. The molecule has 0 unspecified atom stereocenters. The van der Waals surface area contributed by atoms with Crippen molar-refractivity contribution in [2.24, 2.45) is 0 Å². The minimum absolute atomic E-state index is 0.0810. The Balaban J connectivity index is 2.52. The van der Waals surface area contributed by atoms with Crippen LogP contribution in [0.5, 0.6) is 0 Å². The fourth-order valence-corrected chi connectivity index (χ4v) is 3.85. The minimum Gasteiger partial charge on any atom is -0.342 e. The number of hydrogen-bond donors (Lipinski definition) is 0. The standard InChI is InChI=1S/C14H27N5O3S/c1-4-18(5-2)14(20)13-17-9-11-19(12-10-17)23(21,22)16(3)8-6-7-15/h4-6,8-13H2,1-3H3. The van der Waals surface area contributed by atoms with E-state index in [9.17, 15) is 13.2 Å². The Labute approximate surface area is 139 Å². The lowest BCUT2D eigenvalue weighted by molar-refractivity contribution is -0.132. The third-order valence-corrected chi connectivity index (χ3v) is 6.05. The van der Waals surface area contributed by atoms with E-state index in [-0.39, 0.29) is 18.9 Å². The molecule has 0 aromatic heterocycles. The summed E-state index contributed by atoms with van der Waals surface area (Å²) in [5.74, 6) is 0.0810. The molecule has 1 aliphatic heterocycles. The van der Waals surface area contributed by atoms with E-state index < -0.39 is 10.2 Å². The lowest BCUT2D eigenvalue weighted by atomic mass is 10.3. The van der Waals surface area contributed by atoms with E-state index in [1.165, 1.54) is 15.7 Å². The van der Waals surface area contributed by atoms with E-state index in [1.54, 1.807) is 4.90 Å². The predicted molar refractivity (Wildman–Crippen MR) is 87.7 cm³/mol. The van der Waals surface area contributed by atoms with Crippen LogP contribution in [0.3, 0.4) is 0 Å². The number of nitrogens with zero attached hydrogens (tertiary/aromatic N) is 5. The second kappa shape index (κ2) is 9.17. The largest absolute Gasteiger partial charge is 0.342 e. The van der Waals surface area contributed by atoms with Gasteiger partial charge in [0.2, 0.25) is 5.91 Å². The molecule has 1 aliphatic rings. The first-order valence-corrected chi connectivity index (χ1v) is 9.35. The second-order valence-corrected chi connectivity index (χ2v) is 7.51. The van der Waals surface area contributed by atoms with Crippen LogP contribution in [0.1, 0.15) is 20.3 Å². The van der Waals surface area contributed by atoms with Gasteiger partial charge in [0.15, 0.2) is 0 Å². The SMILES string of the molecule is CCN(CC)C(=O)CN1CCN(S(=O)(=O)N(C)CCC#N)CC1. The van der Waals surface area contributed by atoms with Crippen LogP contribution in [0.15, 0.2) is 0 Å². The van der Waals surface area contributed by atoms with Crippen LogP contribution in [0, 0.1) is 11.3 Å². The molecule has 0 spiro atoms. The molecule has 0 radical (unpaired) electrons. The number of carbonyl (C=O) groups is 1. The van der Waals surface area contributed by atoms with E-state index in [0.29, 0.717) is 45.8 Å². The van der Waals surface area contributed by atoms with Gasteiger partial charge in [-0.3, -0.25) is 9.69 Å². The van der Waals surface area contributed by atoms with Crippen LogP contribution in [0.4, 0.5) is 0 Å². The van der Waals surface area contributed by atoms with Gasteiger partial charge in [0, 0.05) is 59.3 Å². The summed E-state index contributed by atoms with van der Waals surface area (Å²) in [6, 6.07) is 1.95. The summed E-state index contributed by atoms with van der Waals surface area (Å²) in [4.78, 5) is 15.9. The molecule has 9 heteroatoms. The molecule has 23 heavy (non-hydrogen) atoms. The maximum atomic E-state index is 12.4. The number of rotatable bonds is 8. The molecule has 132 valence electrons. The van der Waals surface area contributed by atoms with Crippen LogP contribution in [-0.2, 0) is 15.0 Å². The Morgan fingerprint density at radius 3 is 2.22 bits per heavy atom. The zero-order chi connectivity index (χ0) is 17.5. The van der Waals surface area contributed by atoms with Crippen LogP contribution in [0.2, 0.25) is 0 Å². The third-order valence-electron chi connectivity index (χ3n) is 4.06. The van der Waals surface area contributed by atoms with Gasteiger partial charge < -0.3 is 4.90 Å². The van der Waals surface area contributed by atoms with Crippen molar-refractivity contribution in [3.05, 3.63) is 0 Å². The highest BCUT2D eigenvalue weighted by Crippen LogP contribution is 2.11. The molecule has 0 N–H and O–H groups in total. The van der Waals surface area contributed by atoms with Crippen molar-refractivity contribution in [3.8, 4) is 6.07 Å². The van der Waals surface area contributed by atoms with Gasteiger partial charge in [0.1, 0.15) is 0 Å². The molecule has 1 heterocycles. The number of hydrogen-bond acceptors (Lipinski definition) is 5. The Kier molecular flexibility index (Phi) is 7.91. The van der Waals surface area contributed by atoms with Crippen molar-refractivity contribution >= 4 is 16.1 Å². The summed E-state index contributed by atoms with van der Waals surface area (Å²) in [7, 11) is -2.03. The highest BCUT2D eigenvalue weighted by Gasteiger charge is 2.30. The monoisotopic (exact) mass is 345 g/mol. The third kappa shape index (κ3) is 5.42. The van der Waals surface area contributed by atoms with Crippen molar-refractivity contribution < 1.29 is 13.2 Å². The summed E-state index contributed by atoms with van der Waals surface area (Å²) in [6.45, 7) is 7.61. The summed E-state index contributed by atoms with van der Waals surface area (Å²) < 4.78 is 27.4. The molecular formula is C14H27N5O3S. The molecule has 1 saturated heterocycles. The lowest BCUT2D eigenvalue weighted by Gasteiger charge is -2.36. The number of piperazine rings is 1. The molecule has 1 amide bonds. The quantitative estimate of drug-likeness (QED) is 0.595. The zero-order valence-corrected chi connectivity index (χ0v) is 15.0. The van der Waals surface area contributed by atoms with E-state index >= 15 is 0 Å². The van der Waals surface area contributed by atoms with E-state index in [4.69, 9.17) is 5.26 Å². The highest BCUT2D eigenvalue weighted by molar-refractivity contribution is 7.86. The van der Waals surface area contributed by atoms with Gasteiger partial charge in [0.05, 0.1) is 12.6 Å². The smallest absolute Gasteiger partial charge is 0.281 e. The van der Waals surface area contributed by atoms with Gasteiger partial charge in [-0.2, -0.15) is 22.3 Å². The first kappa shape index (κ1) is 19.8. The molecular weight excluding hydrogens is 318 g/mol.